The lowest BCUT2D eigenvalue weighted by atomic mass is 10.1. The molecule has 1 aliphatic rings. The highest BCUT2D eigenvalue weighted by Crippen LogP contribution is 2.18. The fraction of sp³-hybridized carbons (Fsp3) is 0.294. The maximum atomic E-state index is 12.4. The van der Waals surface area contributed by atoms with Gasteiger partial charge in [-0.2, -0.15) is 0 Å². The van der Waals surface area contributed by atoms with E-state index in [2.05, 4.69) is 10.1 Å². The van der Waals surface area contributed by atoms with Crippen molar-refractivity contribution in [2.75, 3.05) is 6.54 Å². The van der Waals surface area contributed by atoms with Crippen LogP contribution < -0.4 is 5.56 Å². The lowest BCUT2D eigenvalue weighted by Crippen LogP contribution is -2.36. The van der Waals surface area contributed by atoms with E-state index in [4.69, 9.17) is 4.52 Å². The summed E-state index contributed by atoms with van der Waals surface area (Å²) in [5.41, 5.74) is 1.51. The Morgan fingerprint density at radius 3 is 3.08 bits per heavy atom. The molecule has 1 aliphatic heterocycles. The van der Waals surface area contributed by atoms with E-state index >= 15 is 0 Å². The summed E-state index contributed by atoms with van der Waals surface area (Å²) in [6.45, 7) is 1.46. The molecule has 7 heteroatoms. The minimum atomic E-state index is -0.117. The summed E-state index contributed by atoms with van der Waals surface area (Å²) in [5, 5.41) is 4.33. The van der Waals surface area contributed by atoms with Gasteiger partial charge in [0, 0.05) is 31.5 Å². The van der Waals surface area contributed by atoms with Crippen LogP contribution in [0.15, 0.2) is 46.1 Å². The summed E-state index contributed by atoms with van der Waals surface area (Å²) in [6, 6.07) is 7.21. The van der Waals surface area contributed by atoms with Crippen LogP contribution in [0.1, 0.15) is 17.7 Å². The minimum Gasteiger partial charge on any atom is -0.361 e. The second-order valence-corrected chi connectivity index (χ2v) is 5.85. The zero-order valence-electron chi connectivity index (χ0n) is 13.0. The van der Waals surface area contributed by atoms with E-state index in [-0.39, 0.29) is 17.9 Å². The first-order valence-electron chi connectivity index (χ1n) is 7.87. The van der Waals surface area contributed by atoms with Gasteiger partial charge >= 0.3 is 0 Å². The highest BCUT2D eigenvalue weighted by Gasteiger charge is 2.23. The van der Waals surface area contributed by atoms with Crippen LogP contribution in [-0.2, 0) is 24.3 Å². The first-order valence-corrected chi connectivity index (χ1v) is 7.87. The number of aromatic nitrogens is 3. The fourth-order valence-electron chi connectivity index (χ4n) is 2.99. The Balaban J connectivity index is 1.46. The van der Waals surface area contributed by atoms with Crippen molar-refractivity contribution in [3.05, 3.63) is 58.5 Å². The second-order valence-electron chi connectivity index (χ2n) is 5.85. The smallest absolute Gasteiger partial charge is 0.261 e. The molecule has 0 N–H and O–H groups in total. The van der Waals surface area contributed by atoms with Crippen molar-refractivity contribution in [1.82, 2.24) is 19.6 Å². The number of amides is 1. The van der Waals surface area contributed by atoms with E-state index in [1.54, 1.807) is 23.2 Å². The van der Waals surface area contributed by atoms with Crippen LogP contribution in [0.2, 0.25) is 0 Å². The molecule has 0 atom stereocenters. The molecule has 0 unspecified atom stereocenters. The van der Waals surface area contributed by atoms with Crippen LogP contribution in [0, 0.1) is 0 Å². The zero-order chi connectivity index (χ0) is 16.5. The van der Waals surface area contributed by atoms with E-state index < -0.39 is 0 Å². The van der Waals surface area contributed by atoms with Crippen molar-refractivity contribution in [3.8, 4) is 0 Å². The molecule has 0 bridgehead atoms. The second kappa shape index (κ2) is 5.92. The predicted octanol–water partition coefficient (Wildman–Crippen LogP) is 1.36. The number of para-hydroxylation sites is 1. The molecule has 1 aromatic carbocycles. The van der Waals surface area contributed by atoms with Gasteiger partial charge in [-0.05, 0) is 12.1 Å². The molecular weight excluding hydrogens is 308 g/mol. The lowest BCUT2D eigenvalue weighted by Gasteiger charge is -2.25. The van der Waals surface area contributed by atoms with E-state index in [0.29, 0.717) is 37.0 Å². The van der Waals surface area contributed by atoms with E-state index in [9.17, 15) is 9.59 Å². The standard InChI is InChI=1S/C17H16N4O3/c22-16(20-7-5-15-12(10-20)9-19-24-15)6-8-21-11-18-14-4-2-1-3-13(14)17(21)23/h1-4,9,11H,5-8,10H2. The van der Waals surface area contributed by atoms with Gasteiger partial charge in [0.25, 0.3) is 5.56 Å². The number of carbonyl (C=O) groups is 1. The first kappa shape index (κ1) is 14.6. The molecule has 3 heterocycles. The third-order valence-corrected chi connectivity index (χ3v) is 4.35. The average Bonchev–Trinajstić information content (AvgIpc) is 3.09. The minimum absolute atomic E-state index is 0.0157. The summed E-state index contributed by atoms with van der Waals surface area (Å²) >= 11 is 0. The summed E-state index contributed by atoms with van der Waals surface area (Å²) in [4.78, 5) is 30.9. The highest BCUT2D eigenvalue weighted by molar-refractivity contribution is 5.77. The fourth-order valence-corrected chi connectivity index (χ4v) is 2.99. The van der Waals surface area contributed by atoms with Crippen molar-refractivity contribution in [1.29, 1.82) is 0 Å². The largest absolute Gasteiger partial charge is 0.361 e. The van der Waals surface area contributed by atoms with Gasteiger partial charge in [-0.3, -0.25) is 14.2 Å². The zero-order valence-corrected chi connectivity index (χ0v) is 13.0. The van der Waals surface area contributed by atoms with E-state index in [0.717, 1.165) is 11.3 Å². The summed E-state index contributed by atoms with van der Waals surface area (Å²) in [5.74, 6) is 0.871. The summed E-state index contributed by atoms with van der Waals surface area (Å²) in [7, 11) is 0. The summed E-state index contributed by atoms with van der Waals surface area (Å²) in [6.07, 6.45) is 4.11. The molecule has 0 radical (unpaired) electrons. The van der Waals surface area contributed by atoms with Crippen LogP contribution in [-0.4, -0.2) is 32.1 Å². The quantitative estimate of drug-likeness (QED) is 0.726. The Hall–Kier alpha value is -2.96. The van der Waals surface area contributed by atoms with Gasteiger partial charge in [-0.25, -0.2) is 4.98 Å². The molecule has 4 rings (SSSR count). The number of benzene rings is 1. The maximum Gasteiger partial charge on any atom is 0.261 e. The van der Waals surface area contributed by atoms with Crippen molar-refractivity contribution >= 4 is 16.8 Å². The Labute approximate surface area is 137 Å². The number of hydrogen-bond donors (Lipinski definition) is 0. The Morgan fingerprint density at radius 2 is 2.17 bits per heavy atom. The van der Waals surface area contributed by atoms with Gasteiger partial charge in [0.2, 0.25) is 5.91 Å². The Morgan fingerprint density at radius 1 is 1.29 bits per heavy atom. The van der Waals surface area contributed by atoms with E-state index in [1.807, 2.05) is 12.1 Å². The number of fused-ring (bicyclic) bond motifs is 2. The normalized spacial score (nSPS) is 13.9. The van der Waals surface area contributed by atoms with Crippen LogP contribution in [0.3, 0.4) is 0 Å². The van der Waals surface area contributed by atoms with Gasteiger partial charge in [0.05, 0.1) is 30.0 Å². The molecule has 122 valence electrons. The van der Waals surface area contributed by atoms with Crippen LogP contribution in [0.5, 0.6) is 0 Å². The molecular formula is C17H16N4O3. The third-order valence-electron chi connectivity index (χ3n) is 4.35. The van der Waals surface area contributed by atoms with Crippen molar-refractivity contribution < 1.29 is 9.32 Å². The van der Waals surface area contributed by atoms with Crippen LogP contribution in [0.4, 0.5) is 0 Å². The number of hydrogen-bond acceptors (Lipinski definition) is 5. The molecule has 3 aromatic rings. The number of aryl methyl sites for hydroxylation is 1. The predicted molar refractivity (Wildman–Crippen MR) is 86.2 cm³/mol. The molecule has 7 nitrogen and oxygen atoms in total. The molecule has 24 heavy (non-hydrogen) atoms. The van der Waals surface area contributed by atoms with Crippen molar-refractivity contribution in [2.24, 2.45) is 0 Å². The third kappa shape index (κ3) is 2.58. The van der Waals surface area contributed by atoms with Gasteiger partial charge in [0.15, 0.2) is 0 Å². The number of rotatable bonds is 3. The molecule has 0 aliphatic carbocycles. The van der Waals surface area contributed by atoms with E-state index in [1.165, 1.54) is 10.9 Å². The monoisotopic (exact) mass is 324 g/mol. The molecule has 0 spiro atoms. The topological polar surface area (TPSA) is 81.2 Å². The lowest BCUT2D eigenvalue weighted by molar-refractivity contribution is -0.132. The van der Waals surface area contributed by atoms with Gasteiger partial charge < -0.3 is 9.42 Å². The van der Waals surface area contributed by atoms with Crippen LogP contribution >= 0.6 is 0 Å². The maximum absolute atomic E-state index is 12.4. The summed E-state index contributed by atoms with van der Waals surface area (Å²) < 4.78 is 6.62. The van der Waals surface area contributed by atoms with Crippen LogP contribution in [0.25, 0.3) is 10.9 Å². The average molecular weight is 324 g/mol. The Kier molecular flexibility index (Phi) is 3.60. The molecule has 0 saturated heterocycles. The van der Waals surface area contributed by atoms with Crippen molar-refractivity contribution in [3.63, 3.8) is 0 Å². The first-order chi connectivity index (χ1) is 11.7. The SMILES string of the molecule is O=C(CCn1cnc2ccccc2c1=O)N1CCc2oncc2C1. The van der Waals surface area contributed by atoms with Gasteiger partial charge in [-0.1, -0.05) is 17.3 Å². The molecule has 0 fully saturated rings. The van der Waals surface area contributed by atoms with Gasteiger partial charge in [0.1, 0.15) is 5.76 Å². The number of carbonyl (C=O) groups excluding carboxylic acids is 1. The molecule has 0 saturated carbocycles. The van der Waals surface area contributed by atoms with Crippen molar-refractivity contribution in [2.45, 2.75) is 25.9 Å². The number of nitrogens with zero attached hydrogens (tertiary/aromatic N) is 4. The molecule has 2 aromatic heterocycles. The van der Waals surface area contributed by atoms with Gasteiger partial charge in [-0.15, -0.1) is 0 Å². The highest BCUT2D eigenvalue weighted by atomic mass is 16.5. The Bertz CT molecular complexity index is 960. The molecule has 1 amide bonds.